The quantitative estimate of drug-likeness (QED) is 0.147. The fourth-order valence-electron chi connectivity index (χ4n) is 9.84. The van der Waals surface area contributed by atoms with E-state index in [2.05, 4.69) is 95.3 Å². The first-order valence-electron chi connectivity index (χ1n) is 18.9. The summed E-state index contributed by atoms with van der Waals surface area (Å²) in [6, 6.07) is 37.1. The minimum Gasteiger partial charge on any atom is -0.392 e. The van der Waals surface area contributed by atoms with E-state index in [0.717, 1.165) is 79.0 Å². The molecule has 1 heterocycles. The molecule has 4 aromatic carbocycles. The van der Waals surface area contributed by atoms with Gasteiger partial charge in [0, 0.05) is 42.3 Å². The Balaban J connectivity index is 0.998. The third-order valence-electron chi connectivity index (χ3n) is 11.9. The summed E-state index contributed by atoms with van der Waals surface area (Å²) in [5.74, 6) is 2.39. The number of aliphatic hydroxyl groups is 1. The van der Waals surface area contributed by atoms with Crippen molar-refractivity contribution < 1.29 is 19.4 Å². The minimum absolute atomic E-state index is 0.00456. The number of urea groups is 1. The molecule has 4 saturated carbocycles. The van der Waals surface area contributed by atoms with Gasteiger partial charge in [0.1, 0.15) is 0 Å². The maximum Gasteiger partial charge on any atom is 0.319 e. The van der Waals surface area contributed by atoms with Gasteiger partial charge < -0.3 is 25.2 Å². The molecule has 5 aliphatic rings. The van der Waals surface area contributed by atoms with Gasteiger partial charge in [-0.25, -0.2) is 4.79 Å². The van der Waals surface area contributed by atoms with Gasteiger partial charge in [-0.05, 0) is 90.7 Å². The van der Waals surface area contributed by atoms with E-state index in [1.54, 1.807) is 0 Å². The van der Waals surface area contributed by atoms with E-state index in [-0.39, 0.29) is 36.3 Å². The number of carbonyl (C=O) groups excluding carboxylic acids is 1. The average molecular weight is 686 g/mol. The Morgan fingerprint density at radius 2 is 1.27 bits per heavy atom. The summed E-state index contributed by atoms with van der Waals surface area (Å²) in [6.45, 7) is 4.54. The first-order valence-corrected chi connectivity index (χ1v) is 18.9. The molecule has 7 heteroatoms. The molecule has 266 valence electrons. The van der Waals surface area contributed by atoms with E-state index in [1.807, 2.05) is 36.4 Å². The van der Waals surface area contributed by atoms with Gasteiger partial charge in [0.05, 0.1) is 18.8 Å². The van der Waals surface area contributed by atoms with E-state index < -0.39 is 6.29 Å². The normalized spacial score (nSPS) is 29.6. The monoisotopic (exact) mass is 685 g/mol. The molecule has 0 aromatic heterocycles. The van der Waals surface area contributed by atoms with Crippen molar-refractivity contribution in [2.24, 2.45) is 23.7 Å². The predicted molar refractivity (Wildman–Crippen MR) is 199 cm³/mol. The van der Waals surface area contributed by atoms with Crippen molar-refractivity contribution in [2.45, 2.75) is 89.2 Å². The third-order valence-corrected chi connectivity index (χ3v) is 11.9. The van der Waals surface area contributed by atoms with Crippen LogP contribution in [0.15, 0.2) is 109 Å². The Morgan fingerprint density at radius 1 is 0.725 bits per heavy atom. The highest BCUT2D eigenvalue weighted by Crippen LogP contribution is 2.55. The number of nitrogens with zero attached hydrogens (tertiary/aromatic N) is 1. The molecule has 4 aliphatic carbocycles. The molecule has 0 spiro atoms. The lowest BCUT2D eigenvalue weighted by Crippen LogP contribution is -2.60. The van der Waals surface area contributed by atoms with E-state index in [1.165, 1.54) is 30.4 Å². The largest absolute Gasteiger partial charge is 0.392 e. The van der Waals surface area contributed by atoms with Gasteiger partial charge in [-0.15, -0.1) is 0 Å². The van der Waals surface area contributed by atoms with Gasteiger partial charge in [-0.1, -0.05) is 104 Å². The summed E-state index contributed by atoms with van der Waals surface area (Å²) < 4.78 is 13.6. The molecule has 4 atom stereocenters. The van der Waals surface area contributed by atoms with Crippen LogP contribution in [0.3, 0.4) is 0 Å². The van der Waals surface area contributed by atoms with E-state index in [4.69, 9.17) is 9.47 Å². The summed E-state index contributed by atoms with van der Waals surface area (Å²) >= 11 is 0. The van der Waals surface area contributed by atoms with Gasteiger partial charge in [-0.2, -0.15) is 0 Å². The lowest BCUT2D eigenvalue weighted by Gasteiger charge is -2.56. The number of benzene rings is 4. The smallest absolute Gasteiger partial charge is 0.319 e. The zero-order valence-electron chi connectivity index (χ0n) is 29.6. The Kier molecular flexibility index (Phi) is 9.97. The lowest BCUT2D eigenvalue weighted by molar-refractivity contribution is -0.276. The number of rotatable bonds is 11. The number of hydrogen-bond acceptors (Lipinski definition) is 5. The van der Waals surface area contributed by atoms with Crippen LogP contribution in [0, 0.1) is 23.7 Å². The summed E-state index contributed by atoms with van der Waals surface area (Å²) in [6.07, 6.45) is 6.51. The first-order chi connectivity index (χ1) is 24.9. The van der Waals surface area contributed by atoms with Gasteiger partial charge in [-0.3, -0.25) is 4.90 Å². The van der Waals surface area contributed by atoms with Crippen LogP contribution in [0.1, 0.15) is 85.7 Å². The zero-order valence-corrected chi connectivity index (χ0v) is 29.6. The molecule has 2 amide bonds. The van der Waals surface area contributed by atoms with Crippen LogP contribution in [0.5, 0.6) is 0 Å². The van der Waals surface area contributed by atoms with Crippen molar-refractivity contribution in [1.29, 1.82) is 0 Å². The van der Waals surface area contributed by atoms with Crippen LogP contribution in [0.4, 0.5) is 10.5 Å². The van der Waals surface area contributed by atoms with Crippen LogP contribution >= 0.6 is 0 Å². The van der Waals surface area contributed by atoms with Crippen LogP contribution in [0.2, 0.25) is 0 Å². The molecule has 9 rings (SSSR count). The Labute approximate surface area is 302 Å². The summed E-state index contributed by atoms with van der Waals surface area (Å²) in [5, 5.41) is 16.2. The molecule has 3 N–H and O–H groups in total. The average Bonchev–Trinajstić information content (AvgIpc) is 3.13. The van der Waals surface area contributed by atoms with Gasteiger partial charge in [0.15, 0.2) is 6.29 Å². The maximum atomic E-state index is 13.3. The second-order valence-electron chi connectivity index (χ2n) is 15.9. The molecule has 51 heavy (non-hydrogen) atoms. The van der Waals surface area contributed by atoms with Gasteiger partial charge in [0.2, 0.25) is 0 Å². The molecule has 5 fully saturated rings. The number of amides is 2. The van der Waals surface area contributed by atoms with Gasteiger partial charge >= 0.3 is 6.03 Å². The molecule has 4 aromatic rings. The molecule has 1 saturated heterocycles. The predicted octanol–water partition coefficient (Wildman–Crippen LogP) is 8.76. The fraction of sp³-hybridized carbons (Fsp3) is 0.432. The number of nitrogens with one attached hydrogen (secondary N) is 2. The Bertz CT molecular complexity index is 1670. The Hall–Kier alpha value is -4.01. The SMILES string of the molecule is CC1C(CN(Cc2ccccc2)Cc2ccccc2)OC(c2ccc(NC(=O)NC34CC5CC(CC(C5)C3)C4)cc2)OC1c1ccc(CO)cc1. The highest BCUT2D eigenvalue weighted by molar-refractivity contribution is 5.89. The molecular formula is C44H51N3O4. The standard InChI is InChI=1S/C44H51N3O4/c1-30-40(28-47(26-31-8-4-2-5-9-31)27-32-10-6-3-7-11-32)50-42(51-41(30)37-14-12-33(29-48)13-15-37)38-16-18-39(19-17-38)45-43(49)46-44-23-34-20-35(24-44)22-36(21-34)25-44/h2-19,30,34-36,40-42,48H,20-29H2,1H3,(H2,45,46,49). The minimum atomic E-state index is -0.584. The number of ether oxygens (including phenoxy) is 2. The van der Waals surface area contributed by atoms with Crippen molar-refractivity contribution in [3.8, 4) is 0 Å². The summed E-state index contributed by atoms with van der Waals surface area (Å²) in [7, 11) is 0. The number of carbonyl (C=O) groups is 1. The van der Waals surface area contributed by atoms with Gasteiger partial charge in [0.25, 0.3) is 0 Å². The van der Waals surface area contributed by atoms with Crippen molar-refractivity contribution in [3.05, 3.63) is 137 Å². The summed E-state index contributed by atoms with van der Waals surface area (Å²) in [4.78, 5) is 15.7. The second kappa shape index (κ2) is 14.9. The van der Waals surface area contributed by atoms with E-state index in [9.17, 15) is 9.90 Å². The van der Waals surface area contributed by atoms with Crippen molar-refractivity contribution in [2.75, 3.05) is 11.9 Å². The first kappa shape index (κ1) is 34.1. The number of hydrogen-bond donors (Lipinski definition) is 3. The van der Waals surface area contributed by atoms with E-state index >= 15 is 0 Å². The molecule has 4 unspecified atom stereocenters. The molecular weight excluding hydrogens is 635 g/mol. The van der Waals surface area contributed by atoms with Crippen molar-refractivity contribution in [3.63, 3.8) is 0 Å². The Morgan fingerprint density at radius 3 is 1.82 bits per heavy atom. The van der Waals surface area contributed by atoms with E-state index in [0.29, 0.717) is 0 Å². The van der Waals surface area contributed by atoms with Crippen molar-refractivity contribution >= 4 is 11.7 Å². The van der Waals surface area contributed by atoms with Crippen LogP contribution in [0.25, 0.3) is 0 Å². The molecule has 4 bridgehead atoms. The lowest BCUT2D eigenvalue weighted by atomic mass is 9.53. The highest BCUT2D eigenvalue weighted by atomic mass is 16.7. The molecule has 1 aliphatic heterocycles. The number of aliphatic hydroxyl groups excluding tert-OH is 1. The van der Waals surface area contributed by atoms with Crippen LogP contribution < -0.4 is 10.6 Å². The second-order valence-corrected chi connectivity index (χ2v) is 15.9. The van der Waals surface area contributed by atoms with Crippen molar-refractivity contribution in [1.82, 2.24) is 10.2 Å². The van der Waals surface area contributed by atoms with Crippen LogP contribution in [-0.2, 0) is 29.2 Å². The zero-order chi connectivity index (χ0) is 34.8. The fourth-order valence-corrected chi connectivity index (χ4v) is 9.84. The van der Waals surface area contributed by atoms with Crippen LogP contribution in [-0.4, -0.2) is 34.2 Å². The highest BCUT2D eigenvalue weighted by Gasteiger charge is 2.51. The third kappa shape index (κ3) is 7.92. The topological polar surface area (TPSA) is 83.1 Å². The molecule has 0 radical (unpaired) electrons. The maximum absolute atomic E-state index is 13.3. The number of anilines is 1. The molecule has 7 nitrogen and oxygen atoms in total. The summed E-state index contributed by atoms with van der Waals surface area (Å²) in [5.41, 5.74) is 6.10.